The first-order valence-corrected chi connectivity index (χ1v) is 6.40. The van der Waals surface area contributed by atoms with Gasteiger partial charge in [-0.15, -0.1) is 0 Å². The minimum atomic E-state index is -0.397. The second-order valence-corrected chi connectivity index (χ2v) is 4.50. The zero-order chi connectivity index (χ0) is 13.7. The average Bonchev–Trinajstić information content (AvgIpc) is 2.39. The fourth-order valence-electron chi connectivity index (χ4n) is 2.02. The predicted octanol–water partition coefficient (Wildman–Crippen LogP) is 1.74. The Balaban J connectivity index is 1.91. The van der Waals surface area contributed by atoms with Crippen molar-refractivity contribution in [3.8, 4) is 5.75 Å². The Bertz CT molecular complexity index is 444. The van der Waals surface area contributed by atoms with E-state index in [1.807, 2.05) is 0 Å². The highest BCUT2D eigenvalue weighted by Crippen LogP contribution is 2.20. The zero-order valence-electron chi connectivity index (χ0n) is 11.0. The Morgan fingerprint density at radius 1 is 1.42 bits per heavy atom. The zero-order valence-corrected chi connectivity index (χ0v) is 11.0. The molecule has 0 aliphatic carbocycles. The van der Waals surface area contributed by atoms with Crippen LogP contribution in [0.4, 0.5) is 4.39 Å². The third-order valence-electron chi connectivity index (χ3n) is 3.09. The molecular formula is C14H18FNO3. The third kappa shape index (κ3) is 4.01. The molecule has 19 heavy (non-hydrogen) atoms. The summed E-state index contributed by atoms with van der Waals surface area (Å²) in [5.74, 6) is -0.200. The normalized spacial score (nSPS) is 16.3. The summed E-state index contributed by atoms with van der Waals surface area (Å²) in [6.07, 6.45) is 0. The number of rotatable bonds is 5. The summed E-state index contributed by atoms with van der Waals surface area (Å²) in [6, 6.07) is 3.99. The van der Waals surface area contributed by atoms with Gasteiger partial charge in [-0.1, -0.05) is 0 Å². The number of ketones is 1. The van der Waals surface area contributed by atoms with Gasteiger partial charge in [0, 0.05) is 25.7 Å². The number of ether oxygens (including phenoxy) is 2. The van der Waals surface area contributed by atoms with E-state index >= 15 is 0 Å². The molecule has 1 aliphatic heterocycles. The molecule has 1 aliphatic rings. The Kier molecular flexibility index (Phi) is 4.87. The van der Waals surface area contributed by atoms with Crippen molar-refractivity contribution in [1.82, 2.24) is 4.90 Å². The maximum absolute atomic E-state index is 13.2. The van der Waals surface area contributed by atoms with Crippen LogP contribution in [0.5, 0.6) is 5.75 Å². The van der Waals surface area contributed by atoms with Gasteiger partial charge in [0.05, 0.1) is 18.8 Å². The molecule has 1 aromatic rings. The van der Waals surface area contributed by atoms with Crippen LogP contribution in [0.3, 0.4) is 0 Å². The average molecular weight is 267 g/mol. The molecular weight excluding hydrogens is 249 g/mol. The topological polar surface area (TPSA) is 38.8 Å². The molecule has 4 nitrogen and oxygen atoms in total. The predicted molar refractivity (Wildman–Crippen MR) is 69.2 cm³/mol. The third-order valence-corrected chi connectivity index (χ3v) is 3.09. The quantitative estimate of drug-likeness (QED) is 0.762. The highest BCUT2D eigenvalue weighted by molar-refractivity contribution is 5.96. The molecule has 0 aromatic heterocycles. The van der Waals surface area contributed by atoms with Crippen LogP contribution in [0.15, 0.2) is 18.2 Å². The monoisotopic (exact) mass is 267 g/mol. The molecule has 0 spiro atoms. The summed E-state index contributed by atoms with van der Waals surface area (Å²) >= 11 is 0. The summed E-state index contributed by atoms with van der Waals surface area (Å²) in [7, 11) is 0. The molecule has 0 saturated carbocycles. The smallest absolute Gasteiger partial charge is 0.163 e. The summed E-state index contributed by atoms with van der Waals surface area (Å²) in [4.78, 5) is 13.6. The van der Waals surface area contributed by atoms with Gasteiger partial charge in [0.1, 0.15) is 18.2 Å². The summed E-state index contributed by atoms with van der Waals surface area (Å²) in [6.45, 7) is 5.86. The lowest BCUT2D eigenvalue weighted by Crippen LogP contribution is -2.38. The van der Waals surface area contributed by atoms with Crippen LogP contribution < -0.4 is 4.74 Å². The van der Waals surface area contributed by atoms with E-state index in [2.05, 4.69) is 4.90 Å². The Morgan fingerprint density at radius 3 is 2.84 bits per heavy atom. The van der Waals surface area contributed by atoms with Crippen molar-refractivity contribution in [2.45, 2.75) is 6.92 Å². The lowest BCUT2D eigenvalue weighted by molar-refractivity contribution is 0.0322. The molecule has 5 heteroatoms. The number of carbonyl (C=O) groups is 1. The van der Waals surface area contributed by atoms with Crippen molar-refractivity contribution >= 4 is 5.78 Å². The molecule has 0 unspecified atom stereocenters. The highest BCUT2D eigenvalue weighted by Gasteiger charge is 2.12. The van der Waals surface area contributed by atoms with Crippen molar-refractivity contribution in [1.29, 1.82) is 0 Å². The van der Waals surface area contributed by atoms with Crippen molar-refractivity contribution in [2.24, 2.45) is 0 Å². The Labute approximate surface area is 112 Å². The lowest BCUT2D eigenvalue weighted by atomic mass is 10.1. The van der Waals surface area contributed by atoms with Crippen molar-refractivity contribution in [3.63, 3.8) is 0 Å². The number of benzene rings is 1. The first-order chi connectivity index (χ1) is 9.16. The van der Waals surface area contributed by atoms with Gasteiger partial charge >= 0.3 is 0 Å². The second kappa shape index (κ2) is 6.63. The largest absolute Gasteiger partial charge is 0.491 e. The minimum Gasteiger partial charge on any atom is -0.491 e. The van der Waals surface area contributed by atoms with Crippen molar-refractivity contribution in [2.75, 3.05) is 39.5 Å². The minimum absolute atomic E-state index is 0.124. The number of hydrogen-bond acceptors (Lipinski definition) is 4. The van der Waals surface area contributed by atoms with Gasteiger partial charge in [-0.3, -0.25) is 9.69 Å². The number of morpholine rings is 1. The van der Waals surface area contributed by atoms with E-state index in [1.54, 1.807) is 0 Å². The Morgan fingerprint density at radius 2 is 2.16 bits per heavy atom. The highest BCUT2D eigenvalue weighted by atomic mass is 19.1. The molecule has 1 fully saturated rings. The van der Waals surface area contributed by atoms with Gasteiger partial charge in [-0.2, -0.15) is 0 Å². The second-order valence-electron chi connectivity index (χ2n) is 4.50. The van der Waals surface area contributed by atoms with E-state index in [0.717, 1.165) is 32.8 Å². The van der Waals surface area contributed by atoms with Crippen molar-refractivity contribution < 1.29 is 18.7 Å². The fraction of sp³-hybridized carbons (Fsp3) is 0.500. The lowest BCUT2D eigenvalue weighted by Gasteiger charge is -2.26. The number of hydrogen-bond donors (Lipinski definition) is 0. The Hall–Kier alpha value is -1.46. The van der Waals surface area contributed by atoms with Gasteiger partial charge in [-0.05, 0) is 19.1 Å². The number of halogens is 1. The van der Waals surface area contributed by atoms with Crippen LogP contribution in [0, 0.1) is 5.82 Å². The van der Waals surface area contributed by atoms with Crippen LogP contribution in [0.1, 0.15) is 17.3 Å². The molecule has 0 radical (unpaired) electrons. The molecule has 1 heterocycles. The molecule has 1 saturated heterocycles. The molecule has 1 aromatic carbocycles. The van der Waals surface area contributed by atoms with E-state index in [1.165, 1.54) is 25.1 Å². The number of Topliss-reactive ketones (excluding diaryl/α,β-unsaturated/α-hetero) is 1. The van der Waals surface area contributed by atoms with Crippen LogP contribution in [-0.4, -0.2) is 50.1 Å². The SMILES string of the molecule is CC(=O)c1ccc(F)cc1OCCN1CCOCC1. The van der Waals surface area contributed by atoms with Crippen LogP contribution in [0.2, 0.25) is 0 Å². The van der Waals surface area contributed by atoms with Gasteiger partial charge in [-0.25, -0.2) is 4.39 Å². The molecule has 2 rings (SSSR count). The maximum Gasteiger partial charge on any atom is 0.163 e. The van der Waals surface area contributed by atoms with Crippen molar-refractivity contribution in [3.05, 3.63) is 29.6 Å². The van der Waals surface area contributed by atoms with E-state index in [9.17, 15) is 9.18 Å². The van der Waals surface area contributed by atoms with E-state index in [-0.39, 0.29) is 5.78 Å². The van der Waals surface area contributed by atoms with E-state index in [0.29, 0.717) is 17.9 Å². The van der Waals surface area contributed by atoms with E-state index < -0.39 is 5.82 Å². The standard InChI is InChI=1S/C14H18FNO3/c1-11(17)13-3-2-12(15)10-14(13)19-9-6-16-4-7-18-8-5-16/h2-3,10H,4-9H2,1H3. The molecule has 0 N–H and O–H groups in total. The van der Waals surface area contributed by atoms with Gasteiger partial charge in [0.15, 0.2) is 5.78 Å². The first kappa shape index (κ1) is 14.0. The first-order valence-electron chi connectivity index (χ1n) is 6.40. The fourth-order valence-corrected chi connectivity index (χ4v) is 2.02. The van der Waals surface area contributed by atoms with Gasteiger partial charge < -0.3 is 9.47 Å². The molecule has 0 atom stereocenters. The molecule has 104 valence electrons. The molecule has 0 amide bonds. The molecule has 0 bridgehead atoms. The maximum atomic E-state index is 13.2. The van der Waals surface area contributed by atoms with E-state index in [4.69, 9.17) is 9.47 Å². The van der Waals surface area contributed by atoms with Gasteiger partial charge in [0.2, 0.25) is 0 Å². The summed E-state index contributed by atoms with van der Waals surface area (Å²) < 4.78 is 24.0. The van der Waals surface area contributed by atoms with Crippen LogP contribution in [-0.2, 0) is 4.74 Å². The number of carbonyl (C=O) groups excluding carboxylic acids is 1. The van der Waals surface area contributed by atoms with Crippen LogP contribution >= 0.6 is 0 Å². The van der Waals surface area contributed by atoms with Gasteiger partial charge in [0.25, 0.3) is 0 Å². The number of nitrogens with zero attached hydrogens (tertiary/aromatic N) is 1. The summed E-state index contributed by atoms with van der Waals surface area (Å²) in [5.41, 5.74) is 0.420. The van der Waals surface area contributed by atoms with Crippen LogP contribution in [0.25, 0.3) is 0 Å². The summed E-state index contributed by atoms with van der Waals surface area (Å²) in [5, 5.41) is 0.